The van der Waals surface area contributed by atoms with Gasteiger partial charge in [0.15, 0.2) is 0 Å². The lowest BCUT2D eigenvalue weighted by Gasteiger charge is -2.22. The molecule has 0 saturated carbocycles. The van der Waals surface area contributed by atoms with Gasteiger partial charge in [-0.25, -0.2) is 14.0 Å². The van der Waals surface area contributed by atoms with Crippen LogP contribution in [-0.4, -0.2) is 33.8 Å². The van der Waals surface area contributed by atoms with E-state index in [0.29, 0.717) is 0 Å². The number of pyridine rings is 1. The third-order valence-electron chi connectivity index (χ3n) is 2.27. The molecule has 1 amide bonds. The molecule has 1 aromatic rings. The molecule has 1 heterocycles. The van der Waals surface area contributed by atoms with Crippen LogP contribution in [0, 0.1) is 5.82 Å². The molecule has 0 saturated heterocycles. The van der Waals surface area contributed by atoms with Crippen molar-refractivity contribution in [3.05, 3.63) is 29.8 Å². The molecule has 7 heteroatoms. The molecule has 1 rings (SSSR count). The molecular formula is C13H17FN2O4. The number of carboxylic acid groups (broad SMARTS) is 1. The van der Waals surface area contributed by atoms with Gasteiger partial charge in [0.2, 0.25) is 0 Å². The maximum Gasteiger partial charge on any atom is 0.408 e. The summed E-state index contributed by atoms with van der Waals surface area (Å²) in [7, 11) is 0. The van der Waals surface area contributed by atoms with Gasteiger partial charge in [0.25, 0.3) is 0 Å². The van der Waals surface area contributed by atoms with Crippen LogP contribution < -0.4 is 5.32 Å². The molecule has 1 atom stereocenters. The zero-order valence-electron chi connectivity index (χ0n) is 11.5. The Balaban J connectivity index is 2.74. The molecule has 20 heavy (non-hydrogen) atoms. The number of alkyl carbamates (subject to hydrolysis) is 1. The molecule has 0 aromatic carbocycles. The fourth-order valence-corrected chi connectivity index (χ4v) is 1.44. The smallest absolute Gasteiger partial charge is 0.408 e. The molecule has 0 aliphatic heterocycles. The molecular weight excluding hydrogens is 267 g/mol. The standard InChI is InChI=1S/C13H17FN2O4/c1-13(2,3)20-12(19)16-10(11(17)18)6-8-4-5-15-7-9(8)14/h4-5,7,10H,6H2,1-3H3,(H,16,19)(H,17,18). The van der Waals surface area contributed by atoms with E-state index in [-0.39, 0.29) is 12.0 Å². The quantitative estimate of drug-likeness (QED) is 0.879. The van der Waals surface area contributed by atoms with Crippen LogP contribution in [0.2, 0.25) is 0 Å². The molecule has 0 fully saturated rings. The summed E-state index contributed by atoms with van der Waals surface area (Å²) in [4.78, 5) is 26.2. The Hall–Kier alpha value is -2.18. The van der Waals surface area contributed by atoms with Crippen LogP contribution in [0.5, 0.6) is 0 Å². The summed E-state index contributed by atoms with van der Waals surface area (Å²) in [5.74, 6) is -1.89. The fraction of sp³-hybridized carbons (Fsp3) is 0.462. The molecule has 6 nitrogen and oxygen atoms in total. The number of hydrogen-bond acceptors (Lipinski definition) is 4. The van der Waals surface area contributed by atoms with E-state index < -0.39 is 29.5 Å². The van der Waals surface area contributed by atoms with Crippen molar-refractivity contribution in [2.45, 2.75) is 38.8 Å². The number of aromatic nitrogens is 1. The minimum atomic E-state index is -1.28. The number of nitrogens with one attached hydrogen (secondary N) is 1. The highest BCUT2D eigenvalue weighted by Crippen LogP contribution is 2.10. The number of halogens is 1. The van der Waals surface area contributed by atoms with Crippen molar-refractivity contribution in [2.75, 3.05) is 0 Å². The maximum absolute atomic E-state index is 13.4. The summed E-state index contributed by atoms with van der Waals surface area (Å²) in [6.45, 7) is 4.97. The lowest BCUT2D eigenvalue weighted by atomic mass is 10.1. The molecule has 0 bridgehead atoms. The van der Waals surface area contributed by atoms with Crippen molar-refractivity contribution in [3.63, 3.8) is 0 Å². The fourth-order valence-electron chi connectivity index (χ4n) is 1.44. The third kappa shape index (κ3) is 5.21. The minimum Gasteiger partial charge on any atom is -0.480 e. The normalized spacial score (nSPS) is 12.6. The number of carboxylic acids is 1. The van der Waals surface area contributed by atoms with E-state index in [9.17, 15) is 14.0 Å². The Kier molecular flexibility index (Phi) is 5.01. The molecule has 0 radical (unpaired) electrons. The highest BCUT2D eigenvalue weighted by molar-refractivity contribution is 5.80. The zero-order valence-corrected chi connectivity index (χ0v) is 11.5. The lowest BCUT2D eigenvalue weighted by molar-refractivity contribution is -0.139. The largest absolute Gasteiger partial charge is 0.480 e. The van der Waals surface area contributed by atoms with E-state index in [0.717, 1.165) is 6.20 Å². The van der Waals surface area contributed by atoms with Crippen molar-refractivity contribution >= 4 is 12.1 Å². The second-order valence-electron chi connectivity index (χ2n) is 5.21. The predicted molar refractivity (Wildman–Crippen MR) is 68.7 cm³/mol. The summed E-state index contributed by atoms with van der Waals surface area (Å²) in [5, 5.41) is 11.3. The van der Waals surface area contributed by atoms with Crippen molar-refractivity contribution in [3.8, 4) is 0 Å². The van der Waals surface area contributed by atoms with E-state index in [1.807, 2.05) is 0 Å². The summed E-state index contributed by atoms with van der Waals surface area (Å²) in [6, 6.07) is 0.0870. The SMILES string of the molecule is CC(C)(C)OC(=O)NC(Cc1ccncc1F)C(=O)O. The predicted octanol–water partition coefficient (Wildman–Crippen LogP) is 1.74. The second kappa shape index (κ2) is 6.31. The first kappa shape index (κ1) is 15.9. The van der Waals surface area contributed by atoms with Crippen LogP contribution in [0.1, 0.15) is 26.3 Å². The Morgan fingerprint density at radius 2 is 2.15 bits per heavy atom. The van der Waals surface area contributed by atoms with Crippen LogP contribution in [-0.2, 0) is 16.0 Å². The van der Waals surface area contributed by atoms with Gasteiger partial charge < -0.3 is 15.2 Å². The van der Waals surface area contributed by atoms with E-state index >= 15 is 0 Å². The summed E-state index contributed by atoms with van der Waals surface area (Å²) in [6.07, 6.45) is 1.29. The molecule has 0 spiro atoms. The first-order valence-electron chi connectivity index (χ1n) is 6.00. The van der Waals surface area contributed by atoms with E-state index in [1.54, 1.807) is 20.8 Å². The van der Waals surface area contributed by atoms with Gasteiger partial charge in [-0.05, 0) is 32.4 Å². The van der Waals surface area contributed by atoms with Crippen LogP contribution in [0.3, 0.4) is 0 Å². The summed E-state index contributed by atoms with van der Waals surface area (Å²) < 4.78 is 18.4. The molecule has 110 valence electrons. The van der Waals surface area contributed by atoms with E-state index in [2.05, 4.69) is 10.3 Å². The average Bonchev–Trinajstić information content (AvgIpc) is 2.28. The van der Waals surface area contributed by atoms with Crippen molar-refractivity contribution in [1.29, 1.82) is 0 Å². The van der Waals surface area contributed by atoms with Gasteiger partial charge in [-0.3, -0.25) is 4.98 Å². The second-order valence-corrected chi connectivity index (χ2v) is 5.21. The van der Waals surface area contributed by atoms with Crippen molar-refractivity contribution in [2.24, 2.45) is 0 Å². The molecule has 0 aliphatic rings. The van der Waals surface area contributed by atoms with E-state index in [1.165, 1.54) is 12.3 Å². The van der Waals surface area contributed by atoms with Gasteiger partial charge >= 0.3 is 12.1 Å². The molecule has 0 aliphatic carbocycles. The highest BCUT2D eigenvalue weighted by Gasteiger charge is 2.25. The number of hydrogen-bond donors (Lipinski definition) is 2. The zero-order chi connectivity index (χ0) is 15.3. The van der Waals surface area contributed by atoms with Gasteiger partial charge in [0, 0.05) is 12.6 Å². The van der Waals surface area contributed by atoms with Crippen molar-refractivity contribution in [1.82, 2.24) is 10.3 Å². The highest BCUT2D eigenvalue weighted by atomic mass is 19.1. The third-order valence-corrected chi connectivity index (χ3v) is 2.27. The number of nitrogens with zero attached hydrogens (tertiary/aromatic N) is 1. The minimum absolute atomic E-state index is 0.156. The number of rotatable bonds is 4. The van der Waals surface area contributed by atoms with Crippen LogP contribution in [0.15, 0.2) is 18.5 Å². The van der Waals surface area contributed by atoms with Gasteiger partial charge in [0.1, 0.15) is 17.5 Å². The topological polar surface area (TPSA) is 88.5 Å². The Morgan fingerprint density at radius 3 is 2.65 bits per heavy atom. The summed E-state index contributed by atoms with van der Waals surface area (Å²) in [5.41, 5.74) is -0.585. The monoisotopic (exact) mass is 284 g/mol. The van der Waals surface area contributed by atoms with E-state index in [4.69, 9.17) is 9.84 Å². The van der Waals surface area contributed by atoms with Crippen molar-refractivity contribution < 1.29 is 23.8 Å². The number of carbonyl (C=O) groups is 2. The molecule has 2 N–H and O–H groups in total. The average molecular weight is 284 g/mol. The van der Waals surface area contributed by atoms with Gasteiger partial charge in [-0.1, -0.05) is 0 Å². The Morgan fingerprint density at radius 1 is 1.50 bits per heavy atom. The lowest BCUT2D eigenvalue weighted by Crippen LogP contribution is -2.44. The van der Waals surface area contributed by atoms with Crippen LogP contribution in [0.25, 0.3) is 0 Å². The first-order chi connectivity index (χ1) is 9.19. The first-order valence-corrected chi connectivity index (χ1v) is 6.00. The number of amides is 1. The van der Waals surface area contributed by atoms with Gasteiger partial charge in [-0.15, -0.1) is 0 Å². The number of aliphatic carboxylic acids is 1. The summed E-state index contributed by atoms with van der Waals surface area (Å²) >= 11 is 0. The number of ether oxygens (including phenoxy) is 1. The Bertz CT molecular complexity index is 499. The molecule has 1 aromatic heterocycles. The van der Waals surface area contributed by atoms with Crippen LogP contribution in [0.4, 0.5) is 9.18 Å². The van der Waals surface area contributed by atoms with Gasteiger partial charge in [0.05, 0.1) is 6.20 Å². The maximum atomic E-state index is 13.4. The van der Waals surface area contributed by atoms with Crippen LogP contribution >= 0.6 is 0 Å². The van der Waals surface area contributed by atoms with Gasteiger partial charge in [-0.2, -0.15) is 0 Å². The number of carbonyl (C=O) groups excluding carboxylic acids is 1. The molecule has 1 unspecified atom stereocenters. The Labute approximate surface area is 116 Å².